The SMILES string of the molecule is COCCOc1cc2ncnc(Nc3ccc(F)c(Cl)c3)c2cc1NC(=O)/C(F)=C\CN1CC[C@@H](OCCO)C1. The summed E-state index contributed by atoms with van der Waals surface area (Å²) in [7, 11) is 1.53. The Hall–Kier alpha value is -3.42. The van der Waals surface area contributed by atoms with Gasteiger partial charge in [0.25, 0.3) is 5.91 Å². The van der Waals surface area contributed by atoms with Gasteiger partial charge in [-0.1, -0.05) is 11.6 Å². The predicted molar refractivity (Wildman–Crippen MR) is 147 cm³/mol. The number of likely N-dealkylation sites (tertiary alicyclic amines) is 1. The number of hydrogen-bond acceptors (Lipinski definition) is 9. The van der Waals surface area contributed by atoms with E-state index in [1.807, 2.05) is 4.90 Å². The van der Waals surface area contributed by atoms with Crippen LogP contribution in [0, 0.1) is 5.82 Å². The van der Waals surface area contributed by atoms with Gasteiger partial charge in [0.1, 0.15) is 30.3 Å². The zero-order valence-electron chi connectivity index (χ0n) is 21.8. The van der Waals surface area contributed by atoms with Gasteiger partial charge in [0.2, 0.25) is 0 Å². The molecule has 1 saturated heterocycles. The maximum Gasteiger partial charge on any atom is 0.284 e. The number of aliphatic hydroxyl groups excluding tert-OH is 1. The lowest BCUT2D eigenvalue weighted by atomic mass is 10.1. The number of benzene rings is 2. The average Bonchev–Trinajstić information content (AvgIpc) is 3.41. The summed E-state index contributed by atoms with van der Waals surface area (Å²) in [6.45, 7) is 2.19. The maximum absolute atomic E-state index is 14.8. The Morgan fingerprint density at radius 1 is 1.25 bits per heavy atom. The van der Waals surface area contributed by atoms with E-state index in [4.69, 9.17) is 30.9 Å². The third-order valence-electron chi connectivity index (χ3n) is 6.13. The summed E-state index contributed by atoms with van der Waals surface area (Å²) in [4.78, 5) is 23.3. The van der Waals surface area contributed by atoms with Crippen molar-refractivity contribution in [3.05, 3.63) is 59.4 Å². The van der Waals surface area contributed by atoms with E-state index in [2.05, 4.69) is 20.6 Å². The van der Waals surface area contributed by atoms with E-state index in [1.165, 1.54) is 37.7 Å². The fourth-order valence-corrected chi connectivity index (χ4v) is 4.33. The number of nitrogens with zero attached hydrogens (tertiary/aromatic N) is 3. The molecule has 1 amide bonds. The van der Waals surface area contributed by atoms with Gasteiger partial charge in [-0.3, -0.25) is 9.69 Å². The average molecular weight is 578 g/mol. The van der Waals surface area contributed by atoms with Crippen LogP contribution in [0.25, 0.3) is 10.9 Å². The number of methoxy groups -OCH3 is 1. The van der Waals surface area contributed by atoms with Crippen LogP contribution in [0.2, 0.25) is 5.02 Å². The van der Waals surface area contributed by atoms with E-state index in [0.29, 0.717) is 42.1 Å². The summed E-state index contributed by atoms with van der Waals surface area (Å²) in [5.41, 5.74) is 1.17. The number of hydrogen-bond donors (Lipinski definition) is 3. The Labute approximate surface area is 234 Å². The fourth-order valence-electron chi connectivity index (χ4n) is 4.15. The number of aromatic nitrogens is 2. The first-order valence-corrected chi connectivity index (χ1v) is 13.0. The molecule has 2 heterocycles. The van der Waals surface area contributed by atoms with Crippen molar-refractivity contribution >= 4 is 45.6 Å². The van der Waals surface area contributed by atoms with Crippen LogP contribution >= 0.6 is 11.6 Å². The largest absolute Gasteiger partial charge is 0.489 e. The van der Waals surface area contributed by atoms with Gasteiger partial charge in [-0.15, -0.1) is 0 Å². The van der Waals surface area contributed by atoms with E-state index in [9.17, 15) is 13.6 Å². The third kappa shape index (κ3) is 7.83. The number of rotatable bonds is 13. The monoisotopic (exact) mass is 577 g/mol. The number of carbonyl (C=O) groups is 1. The molecule has 0 saturated carbocycles. The molecule has 3 N–H and O–H groups in total. The fraction of sp³-hybridized carbons (Fsp3) is 0.370. The van der Waals surface area contributed by atoms with Gasteiger partial charge in [0.05, 0.1) is 42.2 Å². The van der Waals surface area contributed by atoms with Crippen LogP contribution in [0.15, 0.2) is 48.6 Å². The summed E-state index contributed by atoms with van der Waals surface area (Å²) in [5.74, 6) is -1.83. The van der Waals surface area contributed by atoms with Gasteiger partial charge < -0.3 is 30.0 Å². The van der Waals surface area contributed by atoms with E-state index < -0.39 is 17.6 Å². The molecule has 1 aromatic heterocycles. The molecule has 0 spiro atoms. The van der Waals surface area contributed by atoms with Crippen molar-refractivity contribution in [1.29, 1.82) is 0 Å². The van der Waals surface area contributed by atoms with Crippen molar-refractivity contribution in [2.45, 2.75) is 12.5 Å². The van der Waals surface area contributed by atoms with Crippen molar-refractivity contribution < 1.29 is 32.9 Å². The Morgan fingerprint density at radius 3 is 2.88 bits per heavy atom. The van der Waals surface area contributed by atoms with Gasteiger partial charge in [-0.2, -0.15) is 0 Å². The Bertz CT molecular complexity index is 1360. The lowest BCUT2D eigenvalue weighted by Gasteiger charge is -2.16. The van der Waals surface area contributed by atoms with Gasteiger partial charge >= 0.3 is 0 Å². The number of ether oxygens (including phenoxy) is 3. The normalized spacial score (nSPS) is 15.9. The molecule has 1 aliphatic heterocycles. The summed E-state index contributed by atoms with van der Waals surface area (Å²) in [6.07, 6.45) is 3.29. The first-order chi connectivity index (χ1) is 19.4. The highest BCUT2D eigenvalue weighted by molar-refractivity contribution is 6.31. The summed E-state index contributed by atoms with van der Waals surface area (Å²) in [5, 5.41) is 15.0. The second kappa shape index (κ2) is 14.3. The minimum absolute atomic E-state index is 0.0298. The highest BCUT2D eigenvalue weighted by Gasteiger charge is 2.23. The minimum Gasteiger partial charge on any atom is -0.489 e. The third-order valence-corrected chi connectivity index (χ3v) is 6.42. The molecule has 4 rings (SSSR count). The zero-order chi connectivity index (χ0) is 28.5. The van der Waals surface area contributed by atoms with Crippen molar-refractivity contribution in [3.8, 4) is 5.75 Å². The van der Waals surface area contributed by atoms with Crippen molar-refractivity contribution in [3.63, 3.8) is 0 Å². The van der Waals surface area contributed by atoms with Crippen LogP contribution in [-0.2, 0) is 14.3 Å². The van der Waals surface area contributed by atoms with Crippen molar-refractivity contribution in [2.75, 3.05) is 63.8 Å². The predicted octanol–water partition coefficient (Wildman–Crippen LogP) is 4.07. The molecule has 0 radical (unpaired) electrons. The van der Waals surface area contributed by atoms with E-state index in [-0.39, 0.29) is 48.9 Å². The summed E-state index contributed by atoms with van der Waals surface area (Å²) >= 11 is 5.90. The van der Waals surface area contributed by atoms with Crippen LogP contribution in [0.1, 0.15) is 6.42 Å². The number of aliphatic hydroxyl groups is 1. The quantitative estimate of drug-likeness (QED) is 0.204. The first-order valence-electron chi connectivity index (χ1n) is 12.6. The lowest BCUT2D eigenvalue weighted by Crippen LogP contribution is -2.25. The Balaban J connectivity index is 1.54. The van der Waals surface area contributed by atoms with Crippen LogP contribution in [0.4, 0.5) is 26.0 Å². The standard InChI is InChI=1S/C27H30ClF2N5O5/c1-38-10-11-40-25-14-23-19(26(32-16-31-23)33-17-2-3-21(29)20(28)12-17)13-24(25)34-27(37)22(30)5-7-35-6-4-18(15-35)39-9-8-36/h2-3,5,12-14,16,18,36H,4,6-11,15H2,1H3,(H,34,37)(H,31,32,33)/b22-5+/t18-/m1/s1. The molecule has 0 unspecified atom stereocenters. The highest BCUT2D eigenvalue weighted by Crippen LogP contribution is 2.34. The number of fused-ring (bicyclic) bond motifs is 1. The second-order valence-electron chi connectivity index (χ2n) is 8.95. The summed E-state index contributed by atoms with van der Waals surface area (Å²) in [6, 6.07) is 7.31. The molecule has 13 heteroatoms. The molecule has 40 heavy (non-hydrogen) atoms. The number of nitrogens with one attached hydrogen (secondary N) is 2. The van der Waals surface area contributed by atoms with Gasteiger partial charge in [0.15, 0.2) is 5.83 Å². The number of carbonyl (C=O) groups excluding carboxylic acids is 1. The molecule has 10 nitrogen and oxygen atoms in total. The Kier molecular flexibility index (Phi) is 10.6. The topological polar surface area (TPSA) is 118 Å². The molecule has 1 fully saturated rings. The van der Waals surface area contributed by atoms with E-state index >= 15 is 0 Å². The van der Waals surface area contributed by atoms with Crippen LogP contribution in [0.5, 0.6) is 5.75 Å². The summed E-state index contributed by atoms with van der Waals surface area (Å²) < 4.78 is 44.8. The molecule has 1 atom stereocenters. The molecule has 1 aliphatic rings. The lowest BCUT2D eigenvalue weighted by molar-refractivity contribution is -0.114. The maximum atomic E-state index is 14.8. The Morgan fingerprint density at radius 2 is 2.10 bits per heavy atom. The van der Waals surface area contributed by atoms with Crippen LogP contribution in [0.3, 0.4) is 0 Å². The minimum atomic E-state index is -0.953. The number of anilines is 3. The first kappa shape index (κ1) is 29.6. The number of halogens is 3. The molecule has 0 aliphatic carbocycles. The van der Waals surface area contributed by atoms with E-state index in [1.54, 1.807) is 12.1 Å². The van der Waals surface area contributed by atoms with Crippen molar-refractivity contribution in [2.24, 2.45) is 0 Å². The van der Waals surface area contributed by atoms with Crippen LogP contribution in [-0.4, -0.2) is 85.2 Å². The molecule has 2 aromatic carbocycles. The zero-order valence-corrected chi connectivity index (χ0v) is 22.6. The molecule has 214 valence electrons. The van der Waals surface area contributed by atoms with Crippen molar-refractivity contribution in [1.82, 2.24) is 14.9 Å². The highest BCUT2D eigenvalue weighted by atomic mass is 35.5. The molecular formula is C27H30ClF2N5O5. The molecule has 3 aromatic rings. The van der Waals surface area contributed by atoms with Gasteiger partial charge in [-0.25, -0.2) is 18.7 Å². The smallest absolute Gasteiger partial charge is 0.284 e. The van der Waals surface area contributed by atoms with Gasteiger partial charge in [0, 0.05) is 43.9 Å². The number of amides is 1. The second-order valence-corrected chi connectivity index (χ2v) is 9.36. The molecule has 0 bridgehead atoms. The van der Waals surface area contributed by atoms with Gasteiger partial charge in [-0.05, 0) is 36.8 Å². The molecular weight excluding hydrogens is 548 g/mol. The van der Waals surface area contributed by atoms with Crippen LogP contribution < -0.4 is 15.4 Å². The van der Waals surface area contributed by atoms with E-state index in [0.717, 1.165) is 6.42 Å².